The molecule has 0 aliphatic heterocycles. The Morgan fingerprint density at radius 1 is 1.40 bits per heavy atom. The zero-order valence-electron chi connectivity index (χ0n) is 9.60. The number of likely N-dealkylation sites (N-methyl/N-ethyl adjacent to an activating group) is 1. The SMILES string of the molecule is CCOc1cccc(C(CO)N(C)C)c1. The zero-order chi connectivity index (χ0) is 11.3. The number of nitrogens with zero attached hydrogens (tertiary/aromatic N) is 1. The molecule has 0 bridgehead atoms. The van der Waals surface area contributed by atoms with Gasteiger partial charge in [-0.25, -0.2) is 0 Å². The van der Waals surface area contributed by atoms with Crippen molar-refractivity contribution >= 4 is 0 Å². The molecule has 0 heterocycles. The van der Waals surface area contributed by atoms with Crippen molar-refractivity contribution in [2.75, 3.05) is 27.3 Å². The van der Waals surface area contributed by atoms with Crippen molar-refractivity contribution in [2.45, 2.75) is 13.0 Å². The Morgan fingerprint density at radius 2 is 2.13 bits per heavy atom. The Balaban J connectivity index is 2.87. The van der Waals surface area contributed by atoms with E-state index in [9.17, 15) is 5.11 Å². The normalized spacial score (nSPS) is 12.9. The second-order valence-electron chi connectivity index (χ2n) is 3.67. The van der Waals surface area contributed by atoms with Crippen molar-refractivity contribution in [3.05, 3.63) is 29.8 Å². The average Bonchev–Trinajstić information content (AvgIpc) is 2.19. The van der Waals surface area contributed by atoms with Crippen LogP contribution in [0.25, 0.3) is 0 Å². The minimum absolute atomic E-state index is 0.0328. The van der Waals surface area contributed by atoms with Gasteiger partial charge in [-0.2, -0.15) is 0 Å². The zero-order valence-corrected chi connectivity index (χ0v) is 9.60. The van der Waals surface area contributed by atoms with E-state index in [1.807, 2.05) is 50.2 Å². The first-order valence-electron chi connectivity index (χ1n) is 5.19. The molecule has 15 heavy (non-hydrogen) atoms. The minimum atomic E-state index is 0.0328. The van der Waals surface area contributed by atoms with E-state index in [1.54, 1.807) is 0 Å². The summed E-state index contributed by atoms with van der Waals surface area (Å²) in [6.45, 7) is 2.74. The van der Waals surface area contributed by atoms with Crippen molar-refractivity contribution in [1.29, 1.82) is 0 Å². The van der Waals surface area contributed by atoms with Gasteiger partial charge in [-0.3, -0.25) is 0 Å². The fourth-order valence-corrected chi connectivity index (χ4v) is 1.55. The van der Waals surface area contributed by atoms with Gasteiger partial charge in [0.25, 0.3) is 0 Å². The average molecular weight is 209 g/mol. The Kier molecular flexibility index (Phi) is 4.59. The maximum absolute atomic E-state index is 9.29. The van der Waals surface area contributed by atoms with Crippen LogP contribution in [-0.2, 0) is 0 Å². The highest BCUT2D eigenvalue weighted by atomic mass is 16.5. The predicted octanol–water partition coefficient (Wildman–Crippen LogP) is 1.68. The molecule has 0 aliphatic carbocycles. The molecule has 1 aromatic carbocycles. The summed E-state index contributed by atoms with van der Waals surface area (Å²) in [7, 11) is 3.91. The van der Waals surface area contributed by atoms with Crippen LogP contribution < -0.4 is 4.74 Å². The smallest absolute Gasteiger partial charge is 0.119 e. The lowest BCUT2D eigenvalue weighted by molar-refractivity contribution is 0.170. The Labute approximate surface area is 91.3 Å². The number of aliphatic hydroxyl groups is 1. The molecule has 0 fully saturated rings. The van der Waals surface area contributed by atoms with E-state index < -0.39 is 0 Å². The molecule has 0 aromatic heterocycles. The van der Waals surface area contributed by atoms with Gasteiger partial charge in [0, 0.05) is 0 Å². The Bertz CT molecular complexity index is 299. The van der Waals surface area contributed by atoms with E-state index in [1.165, 1.54) is 0 Å². The van der Waals surface area contributed by atoms with Crippen molar-refractivity contribution in [3.8, 4) is 5.75 Å². The minimum Gasteiger partial charge on any atom is -0.494 e. The number of benzene rings is 1. The number of ether oxygens (including phenoxy) is 1. The lowest BCUT2D eigenvalue weighted by atomic mass is 10.1. The predicted molar refractivity (Wildman–Crippen MR) is 61.1 cm³/mol. The molecule has 1 unspecified atom stereocenters. The van der Waals surface area contributed by atoms with Crippen LogP contribution in [0.1, 0.15) is 18.5 Å². The summed E-state index contributed by atoms with van der Waals surface area (Å²) in [5.41, 5.74) is 1.08. The molecular weight excluding hydrogens is 190 g/mol. The van der Waals surface area contributed by atoms with Crippen molar-refractivity contribution in [3.63, 3.8) is 0 Å². The third-order valence-electron chi connectivity index (χ3n) is 2.35. The van der Waals surface area contributed by atoms with Crippen LogP contribution in [0.15, 0.2) is 24.3 Å². The standard InChI is InChI=1S/C12H19NO2/c1-4-15-11-7-5-6-10(8-11)12(9-14)13(2)3/h5-8,12,14H,4,9H2,1-3H3. The molecule has 0 spiro atoms. The van der Waals surface area contributed by atoms with E-state index in [0.29, 0.717) is 6.61 Å². The van der Waals surface area contributed by atoms with Gasteiger partial charge in [0.15, 0.2) is 0 Å². The number of hydrogen-bond acceptors (Lipinski definition) is 3. The highest BCUT2D eigenvalue weighted by Crippen LogP contribution is 2.22. The summed E-state index contributed by atoms with van der Waals surface area (Å²) in [6, 6.07) is 7.89. The van der Waals surface area contributed by atoms with Crippen LogP contribution in [0.2, 0.25) is 0 Å². The number of hydrogen-bond donors (Lipinski definition) is 1. The first-order chi connectivity index (χ1) is 7.19. The molecule has 84 valence electrons. The summed E-state index contributed by atoms with van der Waals surface area (Å²) in [5, 5.41) is 9.29. The molecule has 0 radical (unpaired) electrons. The van der Waals surface area contributed by atoms with Crippen molar-refractivity contribution in [2.24, 2.45) is 0 Å². The molecular formula is C12H19NO2. The molecule has 0 aliphatic rings. The molecule has 3 heteroatoms. The summed E-state index contributed by atoms with van der Waals surface area (Å²) >= 11 is 0. The summed E-state index contributed by atoms with van der Waals surface area (Å²) in [6.07, 6.45) is 0. The second kappa shape index (κ2) is 5.73. The van der Waals surface area contributed by atoms with Crippen LogP contribution in [0.5, 0.6) is 5.75 Å². The lowest BCUT2D eigenvalue weighted by Crippen LogP contribution is -2.23. The molecule has 3 nitrogen and oxygen atoms in total. The third-order valence-corrected chi connectivity index (χ3v) is 2.35. The van der Waals surface area contributed by atoms with E-state index in [2.05, 4.69) is 0 Å². The third kappa shape index (κ3) is 3.22. The number of aliphatic hydroxyl groups excluding tert-OH is 1. The highest BCUT2D eigenvalue weighted by molar-refractivity contribution is 5.30. The molecule has 0 saturated carbocycles. The van der Waals surface area contributed by atoms with Crippen LogP contribution in [0, 0.1) is 0 Å². The lowest BCUT2D eigenvalue weighted by Gasteiger charge is -2.22. The van der Waals surface area contributed by atoms with Crippen molar-refractivity contribution in [1.82, 2.24) is 4.90 Å². The fourth-order valence-electron chi connectivity index (χ4n) is 1.55. The van der Waals surface area contributed by atoms with Gasteiger partial charge in [0.2, 0.25) is 0 Å². The first kappa shape index (κ1) is 12.0. The van der Waals surface area contributed by atoms with Gasteiger partial charge >= 0.3 is 0 Å². The molecule has 1 atom stereocenters. The van der Waals surface area contributed by atoms with Gasteiger partial charge in [-0.15, -0.1) is 0 Å². The van der Waals surface area contributed by atoms with Gasteiger partial charge < -0.3 is 14.7 Å². The fraction of sp³-hybridized carbons (Fsp3) is 0.500. The summed E-state index contributed by atoms with van der Waals surface area (Å²) < 4.78 is 5.42. The van der Waals surface area contributed by atoms with Crippen LogP contribution >= 0.6 is 0 Å². The molecule has 1 rings (SSSR count). The molecule has 1 aromatic rings. The van der Waals surface area contributed by atoms with Crippen LogP contribution in [0.4, 0.5) is 0 Å². The quantitative estimate of drug-likeness (QED) is 0.801. The largest absolute Gasteiger partial charge is 0.494 e. The molecule has 0 amide bonds. The van der Waals surface area contributed by atoms with E-state index in [4.69, 9.17) is 4.74 Å². The summed E-state index contributed by atoms with van der Waals surface area (Å²) in [5.74, 6) is 0.857. The Hall–Kier alpha value is -1.06. The maximum Gasteiger partial charge on any atom is 0.119 e. The van der Waals surface area contributed by atoms with Crippen LogP contribution in [-0.4, -0.2) is 37.3 Å². The van der Waals surface area contributed by atoms with Gasteiger partial charge in [0.05, 0.1) is 19.3 Å². The topological polar surface area (TPSA) is 32.7 Å². The highest BCUT2D eigenvalue weighted by Gasteiger charge is 2.12. The van der Waals surface area contributed by atoms with E-state index >= 15 is 0 Å². The second-order valence-corrected chi connectivity index (χ2v) is 3.67. The van der Waals surface area contributed by atoms with E-state index in [0.717, 1.165) is 11.3 Å². The van der Waals surface area contributed by atoms with Gasteiger partial charge in [-0.1, -0.05) is 12.1 Å². The monoisotopic (exact) mass is 209 g/mol. The number of rotatable bonds is 5. The van der Waals surface area contributed by atoms with Crippen molar-refractivity contribution < 1.29 is 9.84 Å². The molecule has 0 saturated heterocycles. The maximum atomic E-state index is 9.29. The van der Waals surface area contributed by atoms with Gasteiger partial charge in [-0.05, 0) is 38.7 Å². The first-order valence-corrected chi connectivity index (χ1v) is 5.19. The molecule has 1 N–H and O–H groups in total. The van der Waals surface area contributed by atoms with Gasteiger partial charge in [0.1, 0.15) is 5.75 Å². The summed E-state index contributed by atoms with van der Waals surface area (Å²) in [4.78, 5) is 1.99. The Morgan fingerprint density at radius 3 is 2.67 bits per heavy atom. The van der Waals surface area contributed by atoms with Crippen LogP contribution in [0.3, 0.4) is 0 Å². The van der Waals surface area contributed by atoms with E-state index in [-0.39, 0.29) is 12.6 Å².